The number of hydrogen-bond acceptors (Lipinski definition) is 0. The Hall–Kier alpha value is -1.56. The predicted molar refractivity (Wildman–Crippen MR) is 372 cm³/mol. The van der Waals surface area contributed by atoms with Gasteiger partial charge in [-0.25, -0.2) is 0 Å². The van der Waals surface area contributed by atoms with Gasteiger partial charge in [-0.15, -0.1) is 0 Å². The van der Waals surface area contributed by atoms with E-state index in [1.54, 1.807) is 114 Å². The van der Waals surface area contributed by atoms with Crippen molar-refractivity contribution in [3.8, 4) is 0 Å². The van der Waals surface area contributed by atoms with Crippen LogP contribution in [0.3, 0.4) is 0 Å². The van der Waals surface area contributed by atoms with Crippen LogP contribution in [0.25, 0.3) is 0 Å². The maximum Gasteiger partial charge on any atom is -0.0162 e. The molecule has 0 nitrogen and oxygen atoms in total. The second-order valence-corrected chi connectivity index (χ2v) is 33.9. The Morgan fingerprint density at radius 1 is 0.167 bits per heavy atom. The molecule has 0 heteroatoms. The highest BCUT2D eigenvalue weighted by molar-refractivity contribution is 5.26. The van der Waals surface area contributed by atoms with E-state index >= 15 is 0 Å². The molecule has 0 atom stereocenters. The molecule has 0 amide bonds. The summed E-state index contributed by atoms with van der Waals surface area (Å²) in [5.41, 5.74) is 5.86. The van der Waals surface area contributed by atoms with E-state index in [0.717, 1.165) is 118 Å². The third kappa shape index (κ3) is 25.0. The number of rotatable bonds is 6. The lowest BCUT2D eigenvalue weighted by molar-refractivity contribution is 0.155. The van der Waals surface area contributed by atoms with Crippen LogP contribution in [-0.2, 0) is 0 Å². The zero-order chi connectivity index (χ0) is 59.8. The summed E-state index contributed by atoms with van der Waals surface area (Å²) in [4.78, 5) is 0. The van der Waals surface area contributed by atoms with Gasteiger partial charge in [0.05, 0.1) is 0 Å². The van der Waals surface area contributed by atoms with E-state index in [9.17, 15) is 0 Å². The Morgan fingerprint density at radius 3 is 0.417 bits per heavy atom. The molecule has 10 aliphatic rings. The van der Waals surface area contributed by atoms with Crippen LogP contribution in [0.15, 0.2) is 48.5 Å². The van der Waals surface area contributed by atoms with E-state index in [-0.39, 0.29) is 0 Å². The van der Waals surface area contributed by atoms with Gasteiger partial charge in [-0.3, -0.25) is 0 Å². The SMILES string of the molecule is CC1CCC(C2CCC(C)CC2)CC1.CC1CCC(C2CCC(C)CC2)CC1.CC1CCC(C2CCC(C)CC2)CC1.CC1CCC(C2CCC(C)CC2)CC1.Cc1ccc(C2CCC(C)CC2)cc1.Cc1ccc(C2CCC(C)CC2)cc1. The average molecular weight is 1150 g/mol. The summed E-state index contributed by atoms with van der Waals surface area (Å²) in [6.07, 6.45) is 60.1. The highest BCUT2D eigenvalue weighted by Crippen LogP contribution is 2.45. The van der Waals surface area contributed by atoms with Crippen molar-refractivity contribution in [2.24, 2.45) is 107 Å². The fraction of sp³-hybridized carbons (Fsp3) is 0.857. The molecule has 84 heavy (non-hydrogen) atoms. The van der Waals surface area contributed by atoms with Gasteiger partial charge in [0, 0.05) is 0 Å². The minimum Gasteiger partial charge on any atom is -0.0625 e. The molecule has 0 radical (unpaired) electrons. The third-order valence-corrected chi connectivity index (χ3v) is 26.3. The van der Waals surface area contributed by atoms with Gasteiger partial charge in [0.25, 0.3) is 0 Å². The maximum atomic E-state index is 2.43. The van der Waals surface area contributed by atoms with Crippen LogP contribution in [0.4, 0.5) is 0 Å². The van der Waals surface area contributed by atoms with Gasteiger partial charge in [0.2, 0.25) is 0 Å². The van der Waals surface area contributed by atoms with Crippen LogP contribution in [-0.4, -0.2) is 0 Å². The number of hydrogen-bond donors (Lipinski definition) is 0. The zero-order valence-electron chi connectivity index (χ0n) is 58.5. The van der Waals surface area contributed by atoms with E-state index in [0.29, 0.717) is 0 Å². The van der Waals surface area contributed by atoms with Crippen molar-refractivity contribution in [3.05, 3.63) is 70.8 Å². The van der Waals surface area contributed by atoms with Gasteiger partial charge in [-0.1, -0.05) is 257 Å². The summed E-state index contributed by atoms with van der Waals surface area (Å²) >= 11 is 0. The van der Waals surface area contributed by atoms with E-state index in [4.69, 9.17) is 0 Å². The average Bonchev–Trinajstić information content (AvgIpc) is 3.63. The molecule has 0 spiro atoms. The van der Waals surface area contributed by atoms with Gasteiger partial charge >= 0.3 is 0 Å². The lowest BCUT2D eigenvalue weighted by Gasteiger charge is -2.36. The largest absolute Gasteiger partial charge is 0.0625 e. The van der Waals surface area contributed by atoms with Gasteiger partial charge in [0.15, 0.2) is 0 Å². The maximum absolute atomic E-state index is 2.43. The second-order valence-electron chi connectivity index (χ2n) is 33.9. The fourth-order valence-electron chi connectivity index (χ4n) is 18.9. The highest BCUT2D eigenvalue weighted by atomic mass is 14.4. The number of aryl methyl sites for hydroxylation is 2. The second kappa shape index (κ2) is 37.6. The molecule has 0 bridgehead atoms. The summed E-state index contributed by atoms with van der Waals surface area (Å²) < 4.78 is 0. The van der Waals surface area contributed by atoms with Crippen molar-refractivity contribution in [2.75, 3.05) is 0 Å². The zero-order valence-corrected chi connectivity index (χ0v) is 58.5. The summed E-state index contributed by atoms with van der Waals surface area (Å²) in [5.74, 6) is 20.6. The summed E-state index contributed by atoms with van der Waals surface area (Å²) in [5, 5.41) is 0. The molecule has 0 unspecified atom stereocenters. The first-order valence-corrected chi connectivity index (χ1v) is 38.7. The van der Waals surface area contributed by atoms with Crippen LogP contribution in [0, 0.1) is 120 Å². The topological polar surface area (TPSA) is 0 Å². The standard InChI is InChI=1S/4C14H26.2C14H20/c6*1-11-3-7-13(8-4-11)14-9-5-12(2)6-10-14/h4*11-14H,3-10H2,1-2H3;2*3-4,7-8,12,14H,5-6,9-10H2,1-2H3. The molecule has 2 aromatic rings. The Kier molecular flexibility index (Phi) is 31.3. The molecule has 2 aromatic carbocycles. The quantitative estimate of drug-likeness (QED) is 0.270. The van der Waals surface area contributed by atoms with Crippen molar-refractivity contribution in [2.45, 2.75) is 352 Å². The van der Waals surface area contributed by atoms with Gasteiger partial charge in [-0.05, 0) is 272 Å². The summed E-state index contributed by atoms with van der Waals surface area (Å²) in [6, 6.07) is 18.2. The predicted octanol–water partition coefficient (Wildman–Crippen LogP) is 27.1. The van der Waals surface area contributed by atoms with Crippen LogP contribution < -0.4 is 0 Å². The van der Waals surface area contributed by atoms with Crippen LogP contribution in [0.5, 0.6) is 0 Å². The van der Waals surface area contributed by atoms with Crippen LogP contribution >= 0.6 is 0 Å². The lowest BCUT2D eigenvalue weighted by Crippen LogP contribution is -2.24. The molecule has 0 aliphatic heterocycles. The molecule has 0 N–H and O–H groups in total. The summed E-state index contributed by atoms with van der Waals surface area (Å²) in [7, 11) is 0. The van der Waals surface area contributed by atoms with E-state index < -0.39 is 0 Å². The lowest BCUT2D eigenvalue weighted by atomic mass is 9.70. The molecule has 0 saturated heterocycles. The molecule has 480 valence electrons. The van der Waals surface area contributed by atoms with E-state index in [1.807, 2.05) is 0 Å². The minimum absolute atomic E-state index is 0.840. The first-order chi connectivity index (χ1) is 40.5. The Balaban J connectivity index is 0.000000145. The molecule has 10 fully saturated rings. The fourth-order valence-corrected chi connectivity index (χ4v) is 18.9. The molecule has 12 rings (SSSR count). The van der Waals surface area contributed by atoms with Gasteiger partial charge in [0.1, 0.15) is 0 Å². The van der Waals surface area contributed by atoms with Crippen LogP contribution in [0.2, 0.25) is 0 Å². The van der Waals surface area contributed by atoms with Crippen molar-refractivity contribution in [1.82, 2.24) is 0 Å². The van der Waals surface area contributed by atoms with Crippen molar-refractivity contribution >= 4 is 0 Å². The van der Waals surface area contributed by atoms with Crippen LogP contribution in [0.1, 0.15) is 360 Å². The van der Waals surface area contributed by atoms with Crippen molar-refractivity contribution in [1.29, 1.82) is 0 Å². The smallest absolute Gasteiger partial charge is 0.0162 e. The molecule has 10 saturated carbocycles. The highest BCUT2D eigenvalue weighted by Gasteiger charge is 2.33. The monoisotopic (exact) mass is 1150 g/mol. The number of benzene rings is 2. The van der Waals surface area contributed by atoms with Crippen molar-refractivity contribution < 1.29 is 0 Å². The third-order valence-electron chi connectivity index (χ3n) is 26.3. The molecular formula is C84H144. The molecule has 10 aliphatic carbocycles. The van der Waals surface area contributed by atoms with Crippen molar-refractivity contribution in [3.63, 3.8) is 0 Å². The molecule has 0 heterocycles. The van der Waals surface area contributed by atoms with E-state index in [2.05, 4.69) is 132 Å². The van der Waals surface area contributed by atoms with E-state index in [1.165, 1.54) is 165 Å². The Labute approximate surface area is 526 Å². The Bertz CT molecular complexity index is 1610. The first-order valence-electron chi connectivity index (χ1n) is 38.7. The summed E-state index contributed by atoms with van der Waals surface area (Å²) in [6.45, 7) is 28.5. The molecular weight excluding hydrogens is 1010 g/mol. The Morgan fingerprint density at radius 2 is 0.286 bits per heavy atom. The minimum atomic E-state index is 0.840. The molecule has 0 aromatic heterocycles. The van der Waals surface area contributed by atoms with Gasteiger partial charge in [-0.2, -0.15) is 0 Å². The van der Waals surface area contributed by atoms with Gasteiger partial charge < -0.3 is 0 Å². The normalized spacial score (nSPS) is 39.2. The first kappa shape index (κ1) is 69.9.